The lowest BCUT2D eigenvalue weighted by Crippen LogP contribution is -2.32. The summed E-state index contributed by atoms with van der Waals surface area (Å²) in [6.07, 6.45) is -0.947. The van der Waals surface area contributed by atoms with Gasteiger partial charge in [0.15, 0.2) is 9.84 Å². The maximum atomic E-state index is 13.9. The van der Waals surface area contributed by atoms with Crippen LogP contribution in [0.1, 0.15) is 34.9 Å². The molecule has 0 amide bonds. The first-order chi connectivity index (χ1) is 12.1. The van der Waals surface area contributed by atoms with Crippen LogP contribution >= 0.6 is 0 Å². The van der Waals surface area contributed by atoms with E-state index in [2.05, 4.69) is 0 Å². The zero-order valence-electron chi connectivity index (χ0n) is 13.6. The number of nitriles is 2. The number of sulfone groups is 1. The van der Waals surface area contributed by atoms with E-state index in [0.29, 0.717) is 5.69 Å². The highest BCUT2D eigenvalue weighted by Crippen LogP contribution is 2.45. The average molecular weight is 377 g/mol. The van der Waals surface area contributed by atoms with E-state index in [1.807, 2.05) is 12.1 Å². The second-order valence-electron chi connectivity index (χ2n) is 6.11. The molecule has 2 aromatic rings. The molecule has 6 nitrogen and oxygen atoms in total. The van der Waals surface area contributed by atoms with Crippen molar-refractivity contribution in [3.63, 3.8) is 0 Å². The molecule has 26 heavy (non-hydrogen) atoms. The molecule has 1 atom stereocenters. The maximum Gasteiger partial charge on any atom is 0.278 e. The molecule has 0 saturated carbocycles. The SMILES string of the molecule is CS(=O)(=O)c1cn(-c2ccc(C#N)c(C#N)c2)c2c1[C@H](O)C(F)(F)CC2. The first-order valence-electron chi connectivity index (χ1n) is 7.55. The molecule has 3 rings (SSSR count). The van der Waals surface area contributed by atoms with Crippen molar-refractivity contribution >= 4 is 9.84 Å². The molecule has 1 N–H and O–H groups in total. The van der Waals surface area contributed by atoms with E-state index in [0.717, 1.165) is 6.26 Å². The van der Waals surface area contributed by atoms with Gasteiger partial charge < -0.3 is 9.67 Å². The Balaban J connectivity index is 2.30. The molecular formula is C17H13F2N3O3S. The Kier molecular flexibility index (Phi) is 4.10. The standard InChI is InChI=1S/C17H13F2N3O3S/c1-26(24,25)14-9-22(12-3-2-10(7-20)11(6-12)8-21)13-4-5-17(18,19)16(23)15(13)14/h2-3,6,9,16,23H,4-5H2,1H3/t16-/m0/s1. The minimum atomic E-state index is -3.87. The molecule has 0 radical (unpaired) electrons. The van der Waals surface area contributed by atoms with Gasteiger partial charge in [0.05, 0.1) is 16.0 Å². The lowest BCUT2D eigenvalue weighted by molar-refractivity contribution is -0.123. The molecule has 0 spiro atoms. The van der Waals surface area contributed by atoms with Crippen molar-refractivity contribution in [2.45, 2.75) is 29.8 Å². The third-order valence-electron chi connectivity index (χ3n) is 4.40. The van der Waals surface area contributed by atoms with Crippen molar-refractivity contribution in [2.24, 2.45) is 0 Å². The molecule has 0 unspecified atom stereocenters. The monoisotopic (exact) mass is 377 g/mol. The highest BCUT2D eigenvalue weighted by atomic mass is 32.2. The van der Waals surface area contributed by atoms with E-state index in [4.69, 9.17) is 10.5 Å². The quantitative estimate of drug-likeness (QED) is 0.864. The van der Waals surface area contributed by atoms with Crippen LogP contribution in [-0.2, 0) is 16.3 Å². The van der Waals surface area contributed by atoms with Gasteiger partial charge >= 0.3 is 0 Å². The number of rotatable bonds is 2. The van der Waals surface area contributed by atoms with Crippen LogP contribution in [0, 0.1) is 22.7 Å². The van der Waals surface area contributed by atoms with E-state index in [-0.39, 0.29) is 33.7 Å². The highest BCUT2D eigenvalue weighted by molar-refractivity contribution is 7.90. The number of halogens is 2. The molecular weight excluding hydrogens is 364 g/mol. The number of hydrogen-bond acceptors (Lipinski definition) is 5. The number of hydrogen-bond donors (Lipinski definition) is 1. The van der Waals surface area contributed by atoms with Gasteiger partial charge in [0.25, 0.3) is 5.92 Å². The number of aliphatic hydroxyl groups excluding tert-OH is 1. The van der Waals surface area contributed by atoms with Crippen LogP contribution in [-0.4, -0.2) is 30.3 Å². The number of alkyl halides is 2. The minimum Gasteiger partial charge on any atom is -0.382 e. The third kappa shape index (κ3) is 2.75. The van der Waals surface area contributed by atoms with Gasteiger partial charge in [0.1, 0.15) is 18.2 Å². The molecule has 0 aliphatic heterocycles. The van der Waals surface area contributed by atoms with E-state index in [9.17, 15) is 22.3 Å². The Morgan fingerprint density at radius 2 is 1.92 bits per heavy atom. The molecule has 9 heteroatoms. The zero-order chi connectivity index (χ0) is 19.3. The molecule has 1 aromatic carbocycles. The smallest absolute Gasteiger partial charge is 0.278 e. The number of aliphatic hydroxyl groups is 1. The van der Waals surface area contributed by atoms with Crippen LogP contribution in [0.4, 0.5) is 8.78 Å². The predicted molar refractivity (Wildman–Crippen MR) is 86.5 cm³/mol. The van der Waals surface area contributed by atoms with Gasteiger partial charge in [-0.05, 0) is 24.6 Å². The second kappa shape index (κ2) is 5.90. The Labute approximate surface area is 148 Å². The van der Waals surface area contributed by atoms with Crippen molar-refractivity contribution < 1.29 is 22.3 Å². The van der Waals surface area contributed by atoms with Crippen LogP contribution in [0.2, 0.25) is 0 Å². The Bertz CT molecular complexity index is 1090. The van der Waals surface area contributed by atoms with Gasteiger partial charge in [-0.3, -0.25) is 0 Å². The summed E-state index contributed by atoms with van der Waals surface area (Å²) in [6.45, 7) is 0. The fraction of sp³-hybridized carbons (Fsp3) is 0.294. The largest absolute Gasteiger partial charge is 0.382 e. The second-order valence-corrected chi connectivity index (χ2v) is 8.10. The van der Waals surface area contributed by atoms with Crippen molar-refractivity contribution in [2.75, 3.05) is 6.26 Å². The summed E-state index contributed by atoms with van der Waals surface area (Å²) < 4.78 is 53.4. The van der Waals surface area contributed by atoms with E-state index < -0.39 is 28.3 Å². The van der Waals surface area contributed by atoms with Crippen molar-refractivity contribution in [1.82, 2.24) is 4.57 Å². The summed E-state index contributed by atoms with van der Waals surface area (Å²) in [7, 11) is -3.87. The van der Waals surface area contributed by atoms with Crippen LogP contribution in [0.5, 0.6) is 0 Å². The van der Waals surface area contributed by atoms with E-state index >= 15 is 0 Å². The van der Waals surface area contributed by atoms with Crippen molar-refractivity contribution in [3.05, 3.63) is 46.8 Å². The third-order valence-corrected chi connectivity index (χ3v) is 5.53. The molecule has 1 heterocycles. The first kappa shape index (κ1) is 18.1. The summed E-state index contributed by atoms with van der Waals surface area (Å²) in [6, 6.07) is 8.01. The van der Waals surface area contributed by atoms with Crippen molar-refractivity contribution in [3.8, 4) is 17.8 Å². The number of aromatic nitrogens is 1. The van der Waals surface area contributed by atoms with Gasteiger partial charge in [0.2, 0.25) is 0 Å². The summed E-state index contributed by atoms with van der Waals surface area (Å²) in [5.74, 6) is -3.43. The molecule has 1 aliphatic carbocycles. The van der Waals surface area contributed by atoms with Gasteiger partial charge in [-0.2, -0.15) is 10.5 Å². The number of fused-ring (bicyclic) bond motifs is 1. The fourth-order valence-electron chi connectivity index (χ4n) is 3.12. The number of nitrogens with zero attached hydrogens (tertiary/aromatic N) is 3. The normalized spacial score (nSPS) is 18.6. The lowest BCUT2D eigenvalue weighted by Gasteiger charge is -2.29. The molecule has 0 bridgehead atoms. The maximum absolute atomic E-state index is 13.9. The molecule has 1 aliphatic rings. The van der Waals surface area contributed by atoms with Crippen LogP contribution < -0.4 is 0 Å². The zero-order valence-corrected chi connectivity index (χ0v) is 14.4. The number of benzene rings is 1. The summed E-state index contributed by atoms with van der Waals surface area (Å²) >= 11 is 0. The van der Waals surface area contributed by atoms with Crippen LogP contribution in [0.3, 0.4) is 0 Å². The van der Waals surface area contributed by atoms with Crippen LogP contribution in [0.15, 0.2) is 29.3 Å². The fourth-order valence-corrected chi connectivity index (χ4v) is 4.04. The lowest BCUT2D eigenvalue weighted by atomic mass is 9.91. The first-order valence-corrected chi connectivity index (χ1v) is 9.44. The molecule has 0 saturated heterocycles. The van der Waals surface area contributed by atoms with Gasteiger partial charge in [0, 0.05) is 35.8 Å². The highest BCUT2D eigenvalue weighted by Gasteiger charge is 2.47. The molecule has 0 fully saturated rings. The Morgan fingerprint density at radius 3 is 2.50 bits per heavy atom. The molecule has 134 valence electrons. The topological polar surface area (TPSA) is 107 Å². The summed E-state index contributed by atoms with van der Waals surface area (Å²) in [5, 5.41) is 28.2. The Hall–Kier alpha value is -2.75. The average Bonchev–Trinajstić information content (AvgIpc) is 2.98. The van der Waals surface area contributed by atoms with Gasteiger partial charge in [-0.1, -0.05) is 0 Å². The minimum absolute atomic E-state index is 0.0787. The predicted octanol–water partition coefficient (Wildman–Crippen LogP) is 2.24. The molecule has 1 aromatic heterocycles. The van der Waals surface area contributed by atoms with Gasteiger partial charge in [-0.25, -0.2) is 17.2 Å². The van der Waals surface area contributed by atoms with Gasteiger partial charge in [-0.15, -0.1) is 0 Å². The van der Waals surface area contributed by atoms with Crippen LogP contribution in [0.25, 0.3) is 5.69 Å². The Morgan fingerprint density at radius 1 is 1.27 bits per heavy atom. The van der Waals surface area contributed by atoms with E-state index in [1.54, 1.807) is 0 Å². The van der Waals surface area contributed by atoms with E-state index in [1.165, 1.54) is 29.0 Å². The summed E-state index contributed by atoms with van der Waals surface area (Å²) in [4.78, 5) is -0.373. The summed E-state index contributed by atoms with van der Waals surface area (Å²) in [5.41, 5.74) is 0.510. The van der Waals surface area contributed by atoms with Crippen molar-refractivity contribution in [1.29, 1.82) is 10.5 Å².